The number of aromatic nitrogens is 3. The van der Waals surface area contributed by atoms with Gasteiger partial charge in [-0.2, -0.15) is 0 Å². The van der Waals surface area contributed by atoms with E-state index in [1.54, 1.807) is 0 Å². The number of nitrogens with one attached hydrogen (secondary N) is 1. The molecule has 0 bridgehead atoms. The zero-order valence-corrected chi connectivity index (χ0v) is 28.5. The second-order valence-corrected chi connectivity index (χ2v) is 14.0. The molecule has 0 saturated heterocycles. The average molecular weight is 687 g/mol. The monoisotopic (exact) mass is 686 g/mol. The lowest BCUT2D eigenvalue weighted by Crippen LogP contribution is -2.21. The van der Waals surface area contributed by atoms with Crippen LogP contribution in [-0.4, -0.2) is 20.0 Å². The van der Waals surface area contributed by atoms with Crippen molar-refractivity contribution in [1.29, 1.82) is 0 Å². The van der Waals surface area contributed by atoms with Gasteiger partial charge in [-0.05, 0) is 84.2 Å². The van der Waals surface area contributed by atoms with Crippen LogP contribution < -0.4 is 20.5 Å². The van der Waals surface area contributed by atoms with Gasteiger partial charge in [-0.15, -0.1) is 24.0 Å². The lowest BCUT2D eigenvalue weighted by Gasteiger charge is -2.18. The smallest absolute Gasteiger partial charge is 0.266 e. The van der Waals surface area contributed by atoms with Crippen LogP contribution in [0, 0.1) is 0 Å². The molecular weight excluding hydrogens is 657 g/mol. The summed E-state index contributed by atoms with van der Waals surface area (Å²) in [5.41, 5.74) is 15.6. The van der Waals surface area contributed by atoms with E-state index in [0.717, 1.165) is 45.9 Å². The minimum absolute atomic E-state index is 0.0413. The molecule has 1 amide bonds. The highest BCUT2D eigenvalue weighted by atomic mass is 32.1. The molecule has 0 atom stereocenters. The quantitative estimate of drug-likeness (QED) is 0.162. The van der Waals surface area contributed by atoms with Gasteiger partial charge in [0, 0.05) is 32.9 Å². The van der Waals surface area contributed by atoms with E-state index in [1.165, 1.54) is 50.0 Å². The third-order valence-corrected chi connectivity index (χ3v) is 11.2. The van der Waals surface area contributed by atoms with Gasteiger partial charge in [-0.25, -0.2) is 0 Å². The number of carbonyl (C=O) groups excluding carboxylic acids is 1. The summed E-state index contributed by atoms with van der Waals surface area (Å²) in [6, 6.07) is 40.9. The first-order valence-electron chi connectivity index (χ1n) is 16.4. The maximum atomic E-state index is 12.7. The topological polar surface area (TPSA) is 85.8 Å². The minimum Gasteiger partial charge on any atom is -0.365 e. The summed E-state index contributed by atoms with van der Waals surface area (Å²) >= 11 is 5.33. The van der Waals surface area contributed by atoms with E-state index in [2.05, 4.69) is 148 Å². The lowest BCUT2D eigenvalue weighted by atomic mass is 9.95. The number of hydrogen-bond donors (Lipinski definition) is 3. The second-order valence-electron chi connectivity index (χ2n) is 12.5. The van der Waals surface area contributed by atoms with Crippen LogP contribution in [0.5, 0.6) is 0 Å². The standard InChI is InChI=1S/C42H30N4O2S2/c43-40(47)39(49)42-44-41(48)38(50-42)24-25-13-22-37-33(23-25)32-9-3-6-12-36(32)46(37)29-20-16-27(17-21-29)26-14-18-28(19-15-26)45-34-10-4-1-7-30(34)31-8-2-5-11-35(31)45/h1-16,18-20,22-24,49H,17,21H2,(H2,43,47)(H,44,48)/b38-24+,42-39+. The summed E-state index contributed by atoms with van der Waals surface area (Å²) in [5.74, 6) is -0.681. The summed E-state index contributed by atoms with van der Waals surface area (Å²) in [7, 11) is 0. The SMILES string of the molecule is NC(=O)/C(S)=c1/[nH]c(=O)/c(=C\c2ccc3c(c2)c2ccccc2n3C2=CC=C(c3ccc(-n4c5ccccc5c5ccccc54)cc3)CC2)s1. The molecule has 6 nitrogen and oxygen atoms in total. The van der Waals surface area contributed by atoms with E-state index in [0.29, 0.717) is 9.20 Å². The van der Waals surface area contributed by atoms with Gasteiger partial charge in [-0.1, -0.05) is 78.9 Å². The molecule has 0 unspecified atom stereocenters. The van der Waals surface area contributed by atoms with Crippen LogP contribution in [0.2, 0.25) is 0 Å². The molecule has 242 valence electrons. The van der Waals surface area contributed by atoms with E-state index < -0.39 is 5.91 Å². The molecule has 1 aliphatic carbocycles. The Balaban J connectivity index is 1.07. The van der Waals surface area contributed by atoms with Crippen molar-refractivity contribution in [3.63, 3.8) is 0 Å². The number of nitrogens with zero attached hydrogens (tertiary/aromatic N) is 2. The van der Waals surface area contributed by atoms with E-state index in [1.807, 2.05) is 12.1 Å². The van der Waals surface area contributed by atoms with E-state index >= 15 is 0 Å². The zero-order valence-electron chi connectivity index (χ0n) is 26.8. The van der Waals surface area contributed by atoms with Crippen LogP contribution in [0.25, 0.3) is 71.6 Å². The number of aromatic amines is 1. The molecule has 3 N–H and O–H groups in total. The number of thiazole rings is 1. The Labute approximate surface area is 295 Å². The van der Waals surface area contributed by atoms with Crippen molar-refractivity contribution in [3.05, 3.63) is 158 Å². The van der Waals surface area contributed by atoms with Gasteiger partial charge < -0.3 is 19.9 Å². The number of rotatable bonds is 5. The summed E-state index contributed by atoms with van der Waals surface area (Å²) in [4.78, 5) is 27.0. The molecule has 0 saturated carbocycles. The molecule has 9 rings (SSSR count). The summed E-state index contributed by atoms with van der Waals surface area (Å²) < 4.78 is 5.54. The first-order chi connectivity index (χ1) is 24.4. The van der Waals surface area contributed by atoms with Gasteiger partial charge in [0.2, 0.25) is 0 Å². The van der Waals surface area contributed by atoms with Crippen molar-refractivity contribution in [2.75, 3.05) is 0 Å². The lowest BCUT2D eigenvalue weighted by molar-refractivity contribution is -0.112. The third-order valence-electron chi connectivity index (χ3n) is 9.60. The predicted octanol–water partition coefficient (Wildman–Crippen LogP) is 7.71. The normalized spacial score (nSPS) is 14.5. The molecule has 8 heteroatoms. The van der Waals surface area contributed by atoms with E-state index in [4.69, 9.17) is 5.73 Å². The van der Waals surface area contributed by atoms with Gasteiger partial charge >= 0.3 is 0 Å². The van der Waals surface area contributed by atoms with Gasteiger partial charge in [-0.3, -0.25) is 9.59 Å². The number of primary amides is 1. The molecule has 0 spiro atoms. The Morgan fingerprint density at radius 1 is 0.720 bits per heavy atom. The Hall–Kier alpha value is -5.83. The Morgan fingerprint density at radius 3 is 1.94 bits per heavy atom. The zero-order chi connectivity index (χ0) is 33.9. The Bertz CT molecular complexity index is 2880. The molecule has 0 aliphatic heterocycles. The molecule has 3 aromatic heterocycles. The van der Waals surface area contributed by atoms with Crippen LogP contribution in [-0.2, 0) is 4.79 Å². The predicted molar refractivity (Wildman–Crippen MR) is 211 cm³/mol. The maximum absolute atomic E-state index is 12.7. The molecule has 0 radical (unpaired) electrons. The number of thiol groups is 1. The molecule has 50 heavy (non-hydrogen) atoms. The second kappa shape index (κ2) is 11.9. The summed E-state index contributed by atoms with van der Waals surface area (Å²) in [6.45, 7) is 0. The van der Waals surface area contributed by atoms with Gasteiger partial charge in [0.25, 0.3) is 11.5 Å². The third kappa shape index (κ3) is 4.95. The highest BCUT2D eigenvalue weighted by Gasteiger charge is 2.17. The Morgan fingerprint density at radius 2 is 1.32 bits per heavy atom. The fourth-order valence-corrected chi connectivity index (χ4v) is 8.37. The molecule has 5 aromatic carbocycles. The Kier molecular flexibility index (Phi) is 7.23. The molecule has 3 heterocycles. The van der Waals surface area contributed by atoms with Crippen LogP contribution in [0.15, 0.2) is 132 Å². The largest absolute Gasteiger partial charge is 0.365 e. The van der Waals surface area contributed by atoms with Crippen molar-refractivity contribution >= 4 is 95.7 Å². The number of amides is 1. The fraction of sp³-hybridized carbons (Fsp3) is 0.0476. The number of fused-ring (bicyclic) bond motifs is 6. The van der Waals surface area contributed by atoms with Crippen LogP contribution in [0.1, 0.15) is 24.0 Å². The van der Waals surface area contributed by atoms with Gasteiger partial charge in [0.1, 0.15) is 9.57 Å². The summed E-state index contributed by atoms with van der Waals surface area (Å²) in [6.07, 6.45) is 8.18. The highest BCUT2D eigenvalue weighted by molar-refractivity contribution is 7.91. The maximum Gasteiger partial charge on any atom is 0.266 e. The van der Waals surface area contributed by atoms with Crippen molar-refractivity contribution < 1.29 is 4.79 Å². The molecule has 1 aliphatic rings. The van der Waals surface area contributed by atoms with Crippen LogP contribution in [0.4, 0.5) is 0 Å². The first-order valence-corrected chi connectivity index (χ1v) is 17.7. The number of nitrogens with two attached hydrogens (primary N) is 1. The fourth-order valence-electron chi connectivity index (χ4n) is 7.28. The highest BCUT2D eigenvalue weighted by Crippen LogP contribution is 2.38. The van der Waals surface area contributed by atoms with E-state index in [9.17, 15) is 9.59 Å². The minimum atomic E-state index is -0.681. The first kappa shape index (κ1) is 30.2. The summed E-state index contributed by atoms with van der Waals surface area (Å²) in [5, 5.41) is 4.78. The van der Waals surface area contributed by atoms with Crippen molar-refractivity contribution in [3.8, 4) is 5.69 Å². The van der Waals surface area contributed by atoms with Gasteiger partial charge in [0.15, 0.2) is 0 Å². The van der Waals surface area contributed by atoms with Crippen molar-refractivity contribution in [1.82, 2.24) is 14.1 Å². The van der Waals surface area contributed by atoms with Gasteiger partial charge in [0.05, 0.1) is 26.6 Å². The number of allylic oxidation sites excluding steroid dienone is 4. The van der Waals surface area contributed by atoms with E-state index in [-0.39, 0.29) is 10.5 Å². The molecule has 0 fully saturated rings. The van der Waals surface area contributed by atoms with Crippen LogP contribution in [0.3, 0.4) is 0 Å². The average Bonchev–Trinajstić information content (AvgIpc) is 3.80. The van der Waals surface area contributed by atoms with Crippen molar-refractivity contribution in [2.24, 2.45) is 5.73 Å². The van der Waals surface area contributed by atoms with Crippen molar-refractivity contribution in [2.45, 2.75) is 12.8 Å². The number of carbonyl (C=O) groups is 1. The number of benzene rings is 5. The molecule has 8 aromatic rings. The number of para-hydroxylation sites is 3. The molecular formula is C42H30N4O2S2. The number of hydrogen-bond acceptors (Lipinski definition) is 4. The number of H-pyrrole nitrogens is 1. The van der Waals surface area contributed by atoms with Crippen LogP contribution >= 0.6 is 24.0 Å².